The molecular weight excluding hydrogens is 548 g/mol. The Morgan fingerprint density at radius 3 is 2.42 bits per heavy atom. The summed E-state index contributed by atoms with van der Waals surface area (Å²) in [5.41, 5.74) is 3.29. The lowest BCUT2D eigenvalue weighted by molar-refractivity contribution is -0.384. The summed E-state index contributed by atoms with van der Waals surface area (Å²) in [6.45, 7) is 9.46. The molecule has 0 saturated carbocycles. The van der Waals surface area contributed by atoms with E-state index in [0.717, 1.165) is 20.5 Å². The van der Waals surface area contributed by atoms with E-state index in [1.54, 1.807) is 19.1 Å². The molecule has 0 bridgehead atoms. The van der Waals surface area contributed by atoms with Crippen molar-refractivity contribution >= 4 is 49.8 Å². The summed E-state index contributed by atoms with van der Waals surface area (Å²) >= 11 is 4.77. The van der Waals surface area contributed by atoms with Gasteiger partial charge < -0.3 is 14.8 Å². The maximum absolute atomic E-state index is 12.9. The van der Waals surface area contributed by atoms with Crippen LogP contribution >= 0.6 is 27.3 Å². The molecule has 2 aromatic carbocycles. The molecule has 1 N–H and O–H groups in total. The van der Waals surface area contributed by atoms with E-state index in [-0.39, 0.29) is 30.4 Å². The summed E-state index contributed by atoms with van der Waals surface area (Å²) in [6.07, 6.45) is 0. The molecule has 3 aromatic rings. The second-order valence-electron chi connectivity index (χ2n) is 8.39. The third kappa shape index (κ3) is 6.11. The van der Waals surface area contributed by atoms with Crippen LogP contribution in [0.15, 0.2) is 40.9 Å². The topological polar surface area (TPSA) is 108 Å². The monoisotopic (exact) mass is 574 g/mol. The fourth-order valence-electron chi connectivity index (χ4n) is 3.68. The van der Waals surface area contributed by atoms with Crippen molar-refractivity contribution in [3.8, 4) is 16.9 Å². The van der Waals surface area contributed by atoms with Gasteiger partial charge in [0.25, 0.3) is 11.6 Å². The van der Waals surface area contributed by atoms with Crippen LogP contribution in [-0.2, 0) is 9.53 Å². The van der Waals surface area contributed by atoms with Gasteiger partial charge in [-0.15, -0.1) is 11.3 Å². The molecule has 36 heavy (non-hydrogen) atoms. The Labute approximate surface area is 221 Å². The molecule has 0 unspecified atom stereocenters. The second-order valence-corrected chi connectivity index (χ2v) is 10.5. The van der Waals surface area contributed by atoms with Gasteiger partial charge in [0.1, 0.15) is 16.3 Å². The van der Waals surface area contributed by atoms with Crippen molar-refractivity contribution in [1.82, 2.24) is 0 Å². The summed E-state index contributed by atoms with van der Waals surface area (Å²) in [6, 6.07) is 9.78. The molecular formula is C26H27BrN2O6S. The Hall–Kier alpha value is -3.24. The third-order valence-electron chi connectivity index (χ3n) is 5.46. The van der Waals surface area contributed by atoms with Gasteiger partial charge in [0.2, 0.25) is 0 Å². The summed E-state index contributed by atoms with van der Waals surface area (Å²) in [5, 5.41) is 14.2. The van der Waals surface area contributed by atoms with Crippen LogP contribution < -0.4 is 10.1 Å². The molecule has 0 atom stereocenters. The van der Waals surface area contributed by atoms with Crippen molar-refractivity contribution in [2.75, 3.05) is 18.5 Å². The smallest absolute Gasteiger partial charge is 0.341 e. The van der Waals surface area contributed by atoms with Crippen LogP contribution in [0.3, 0.4) is 0 Å². The number of amides is 1. The molecule has 10 heteroatoms. The van der Waals surface area contributed by atoms with Gasteiger partial charge in [0, 0.05) is 27.0 Å². The van der Waals surface area contributed by atoms with Gasteiger partial charge in [-0.25, -0.2) is 4.79 Å². The van der Waals surface area contributed by atoms with Crippen LogP contribution in [0.2, 0.25) is 0 Å². The number of carbonyl (C=O) groups is 2. The standard InChI is InChI=1S/C26H27BrN2O6S/c1-6-34-26(31)24-23(17-7-9-18(10-8-17)29(32)33)16(5)36-25(24)28-22(30)13-35-21-11-15(4)20(27)12-19(21)14(2)3/h7-12,14H,6,13H2,1-5H3,(H,28,30). The molecule has 0 aliphatic heterocycles. The van der Waals surface area contributed by atoms with Crippen molar-refractivity contribution in [2.24, 2.45) is 0 Å². The maximum atomic E-state index is 12.9. The van der Waals surface area contributed by atoms with E-state index in [1.165, 1.54) is 23.5 Å². The highest BCUT2D eigenvalue weighted by atomic mass is 79.9. The number of thiophene rings is 1. The number of aryl methyl sites for hydroxylation is 2. The van der Waals surface area contributed by atoms with E-state index >= 15 is 0 Å². The van der Waals surface area contributed by atoms with Crippen LogP contribution in [0.1, 0.15) is 53.1 Å². The fourth-order valence-corrected chi connectivity index (χ4v) is 5.12. The van der Waals surface area contributed by atoms with Crippen molar-refractivity contribution < 1.29 is 24.0 Å². The number of ether oxygens (including phenoxy) is 2. The second kappa shape index (κ2) is 11.7. The molecule has 0 aliphatic rings. The fraction of sp³-hybridized carbons (Fsp3) is 0.308. The molecule has 1 heterocycles. The Morgan fingerprint density at radius 2 is 1.83 bits per heavy atom. The first-order chi connectivity index (χ1) is 17.0. The first-order valence-electron chi connectivity index (χ1n) is 11.3. The third-order valence-corrected chi connectivity index (χ3v) is 7.33. The van der Waals surface area contributed by atoms with E-state index < -0.39 is 16.8 Å². The number of nitrogens with one attached hydrogen (secondary N) is 1. The number of anilines is 1. The highest BCUT2D eigenvalue weighted by Crippen LogP contribution is 2.41. The number of rotatable bonds is 9. The van der Waals surface area contributed by atoms with E-state index in [2.05, 4.69) is 21.2 Å². The summed E-state index contributed by atoms with van der Waals surface area (Å²) in [7, 11) is 0. The van der Waals surface area contributed by atoms with Crippen molar-refractivity contribution in [1.29, 1.82) is 0 Å². The number of hydrogen-bond donors (Lipinski definition) is 1. The van der Waals surface area contributed by atoms with Crippen molar-refractivity contribution in [3.05, 3.63) is 72.6 Å². The number of nitrogens with zero attached hydrogens (tertiary/aromatic N) is 1. The van der Waals surface area contributed by atoms with Crippen LogP contribution in [0.4, 0.5) is 10.7 Å². The van der Waals surface area contributed by atoms with Gasteiger partial charge in [0.05, 0.1) is 11.5 Å². The van der Waals surface area contributed by atoms with Gasteiger partial charge in [-0.1, -0.05) is 29.8 Å². The quantitative estimate of drug-likeness (QED) is 0.167. The minimum absolute atomic E-state index is 0.0565. The maximum Gasteiger partial charge on any atom is 0.341 e. The molecule has 0 fully saturated rings. The Bertz CT molecular complexity index is 1300. The molecule has 0 saturated heterocycles. The number of hydrogen-bond acceptors (Lipinski definition) is 7. The van der Waals surface area contributed by atoms with E-state index in [1.807, 2.05) is 39.8 Å². The van der Waals surface area contributed by atoms with Gasteiger partial charge in [0.15, 0.2) is 6.61 Å². The molecule has 0 spiro atoms. The van der Waals surface area contributed by atoms with Gasteiger partial charge in [-0.3, -0.25) is 14.9 Å². The predicted octanol–water partition coefficient (Wildman–Crippen LogP) is 7.02. The van der Waals surface area contributed by atoms with Gasteiger partial charge in [-0.2, -0.15) is 0 Å². The lowest BCUT2D eigenvalue weighted by atomic mass is 10.0. The Balaban J connectivity index is 1.89. The Morgan fingerprint density at radius 1 is 1.17 bits per heavy atom. The normalized spacial score (nSPS) is 10.9. The molecule has 0 aliphatic carbocycles. The minimum atomic E-state index is -0.586. The average molecular weight is 575 g/mol. The summed E-state index contributed by atoms with van der Waals surface area (Å²) < 4.78 is 12.1. The number of esters is 1. The minimum Gasteiger partial charge on any atom is -0.483 e. The number of nitro groups is 1. The molecule has 1 amide bonds. The highest BCUT2D eigenvalue weighted by molar-refractivity contribution is 9.10. The van der Waals surface area contributed by atoms with Gasteiger partial charge in [-0.05, 0) is 67.6 Å². The molecule has 3 rings (SSSR count). The molecule has 0 radical (unpaired) electrons. The summed E-state index contributed by atoms with van der Waals surface area (Å²) in [4.78, 5) is 37.1. The number of benzene rings is 2. The van der Waals surface area contributed by atoms with Crippen molar-refractivity contribution in [3.63, 3.8) is 0 Å². The largest absolute Gasteiger partial charge is 0.483 e. The lowest BCUT2D eigenvalue weighted by Crippen LogP contribution is -2.21. The molecule has 1 aromatic heterocycles. The first kappa shape index (κ1) is 27.3. The van der Waals surface area contributed by atoms with Crippen LogP contribution in [0, 0.1) is 24.0 Å². The number of carbonyl (C=O) groups excluding carboxylic acids is 2. The van der Waals surface area contributed by atoms with E-state index in [0.29, 0.717) is 21.9 Å². The van der Waals surface area contributed by atoms with Crippen LogP contribution in [-0.4, -0.2) is 30.0 Å². The van der Waals surface area contributed by atoms with Crippen LogP contribution in [0.5, 0.6) is 5.75 Å². The highest BCUT2D eigenvalue weighted by Gasteiger charge is 2.26. The zero-order valence-corrected chi connectivity index (χ0v) is 23.0. The van der Waals surface area contributed by atoms with Crippen LogP contribution in [0.25, 0.3) is 11.1 Å². The molecule has 8 nitrogen and oxygen atoms in total. The number of nitro benzene ring substituents is 1. The number of halogens is 1. The van der Waals surface area contributed by atoms with E-state index in [9.17, 15) is 19.7 Å². The van der Waals surface area contributed by atoms with Gasteiger partial charge >= 0.3 is 5.97 Å². The number of non-ortho nitro benzene ring substituents is 1. The summed E-state index contributed by atoms with van der Waals surface area (Å²) in [5.74, 6) is -0.190. The zero-order chi connectivity index (χ0) is 26.6. The van der Waals surface area contributed by atoms with E-state index in [4.69, 9.17) is 9.47 Å². The average Bonchev–Trinajstić information content (AvgIpc) is 3.14. The SMILES string of the molecule is CCOC(=O)c1c(NC(=O)COc2cc(C)c(Br)cc2C(C)C)sc(C)c1-c1ccc([N+](=O)[O-])cc1. The first-order valence-corrected chi connectivity index (χ1v) is 12.9. The van der Waals surface area contributed by atoms with Crippen molar-refractivity contribution in [2.45, 2.75) is 40.5 Å². The zero-order valence-electron chi connectivity index (χ0n) is 20.6. The molecule has 190 valence electrons. The Kier molecular flexibility index (Phi) is 8.86. The lowest BCUT2D eigenvalue weighted by Gasteiger charge is -2.16. The predicted molar refractivity (Wildman–Crippen MR) is 144 cm³/mol.